The summed E-state index contributed by atoms with van der Waals surface area (Å²) in [6.07, 6.45) is 4.48. The van der Waals surface area contributed by atoms with Crippen LogP contribution in [0, 0.1) is 5.92 Å². The minimum atomic E-state index is -0.556. The van der Waals surface area contributed by atoms with Gasteiger partial charge in [0.25, 0.3) is 0 Å². The molecule has 1 aliphatic rings. The quantitative estimate of drug-likeness (QED) is 0.744. The average molecular weight is 356 g/mol. The van der Waals surface area contributed by atoms with E-state index in [9.17, 15) is 9.59 Å². The van der Waals surface area contributed by atoms with Crippen LogP contribution in [0.25, 0.3) is 10.9 Å². The van der Waals surface area contributed by atoms with Gasteiger partial charge in [-0.15, -0.1) is 0 Å². The zero-order chi connectivity index (χ0) is 18.5. The van der Waals surface area contributed by atoms with Gasteiger partial charge in [-0.2, -0.15) is 0 Å². The summed E-state index contributed by atoms with van der Waals surface area (Å²) in [5, 5.41) is 6.84. The van der Waals surface area contributed by atoms with Gasteiger partial charge in [0.2, 0.25) is 5.91 Å². The van der Waals surface area contributed by atoms with Gasteiger partial charge >= 0.3 is 6.03 Å². The summed E-state index contributed by atoms with van der Waals surface area (Å²) in [5.74, 6) is 0.370. The number of amides is 3. The second kappa shape index (κ2) is 8.25. The molecule has 26 heavy (non-hydrogen) atoms. The second-order valence-electron chi connectivity index (χ2n) is 7.40. The molecular formula is C20H28N4O2. The van der Waals surface area contributed by atoms with E-state index < -0.39 is 6.04 Å². The molecule has 3 rings (SSSR count). The Morgan fingerprint density at radius 2 is 1.92 bits per heavy atom. The number of likely N-dealkylation sites (tertiary alicyclic amines) is 1. The zero-order valence-corrected chi connectivity index (χ0v) is 15.5. The third-order valence-electron chi connectivity index (χ3n) is 4.79. The number of benzene rings is 1. The third kappa shape index (κ3) is 4.36. The van der Waals surface area contributed by atoms with Crippen molar-refractivity contribution in [3.8, 4) is 0 Å². The first-order valence-corrected chi connectivity index (χ1v) is 9.42. The number of carbonyl (C=O) groups excluding carboxylic acids is 2. The lowest BCUT2D eigenvalue weighted by atomic mass is 10.0. The van der Waals surface area contributed by atoms with Crippen molar-refractivity contribution in [1.82, 2.24) is 20.5 Å². The predicted octanol–water partition coefficient (Wildman–Crippen LogP) is 2.66. The smallest absolute Gasteiger partial charge is 0.315 e. The molecule has 0 saturated carbocycles. The number of para-hydroxylation sites is 1. The Morgan fingerprint density at radius 1 is 1.19 bits per heavy atom. The maximum absolute atomic E-state index is 13.0. The van der Waals surface area contributed by atoms with Crippen LogP contribution in [-0.2, 0) is 11.2 Å². The van der Waals surface area contributed by atoms with E-state index in [4.69, 9.17) is 0 Å². The number of aromatic amines is 1. The first-order chi connectivity index (χ1) is 12.5. The maximum atomic E-state index is 13.0. The molecule has 140 valence electrons. The van der Waals surface area contributed by atoms with Crippen LogP contribution in [0.1, 0.15) is 32.3 Å². The van der Waals surface area contributed by atoms with Crippen LogP contribution in [0.4, 0.5) is 4.79 Å². The third-order valence-corrected chi connectivity index (χ3v) is 4.79. The molecule has 3 N–H and O–H groups in total. The van der Waals surface area contributed by atoms with Crippen LogP contribution in [0.3, 0.4) is 0 Å². The monoisotopic (exact) mass is 356 g/mol. The predicted molar refractivity (Wildman–Crippen MR) is 103 cm³/mol. The van der Waals surface area contributed by atoms with Crippen molar-refractivity contribution in [2.45, 2.75) is 39.2 Å². The molecule has 1 saturated heterocycles. The highest BCUT2D eigenvalue weighted by Gasteiger charge is 2.28. The van der Waals surface area contributed by atoms with Gasteiger partial charge in [0.15, 0.2) is 0 Å². The number of fused-ring (bicyclic) bond motifs is 1. The van der Waals surface area contributed by atoms with Crippen LogP contribution < -0.4 is 10.6 Å². The molecule has 0 spiro atoms. The van der Waals surface area contributed by atoms with Crippen LogP contribution in [0.15, 0.2) is 30.5 Å². The Labute approximate surface area is 154 Å². The van der Waals surface area contributed by atoms with Gasteiger partial charge in [-0.3, -0.25) is 4.79 Å². The molecule has 6 heteroatoms. The summed E-state index contributed by atoms with van der Waals surface area (Å²) in [7, 11) is 0. The minimum absolute atomic E-state index is 0.00692. The number of hydrogen-bond acceptors (Lipinski definition) is 2. The van der Waals surface area contributed by atoms with Gasteiger partial charge in [-0.1, -0.05) is 32.0 Å². The Bertz CT molecular complexity index is 762. The van der Waals surface area contributed by atoms with Gasteiger partial charge in [0.1, 0.15) is 6.04 Å². The first-order valence-electron chi connectivity index (χ1n) is 9.42. The standard InChI is InChI=1S/C20H28N4O2/c1-14(2)12-22-20(26)23-18(19(25)24-9-5-6-10-24)11-15-13-21-17-8-4-3-7-16(15)17/h3-4,7-8,13-14,18,21H,5-6,9-12H2,1-2H3,(H2,22,23,26). The van der Waals surface area contributed by atoms with Gasteiger partial charge in [-0.25, -0.2) is 4.79 Å². The molecule has 0 aliphatic carbocycles. The van der Waals surface area contributed by atoms with E-state index in [1.165, 1.54) is 0 Å². The van der Waals surface area contributed by atoms with Crippen LogP contribution in [0.2, 0.25) is 0 Å². The molecule has 1 fully saturated rings. The number of H-pyrrole nitrogens is 1. The highest BCUT2D eigenvalue weighted by atomic mass is 16.2. The average Bonchev–Trinajstić information content (AvgIpc) is 3.29. The number of carbonyl (C=O) groups is 2. The number of nitrogens with one attached hydrogen (secondary N) is 3. The van der Waals surface area contributed by atoms with E-state index in [0.717, 1.165) is 42.4 Å². The Kier molecular flexibility index (Phi) is 5.81. The molecule has 1 aromatic carbocycles. The number of hydrogen-bond donors (Lipinski definition) is 3. The summed E-state index contributed by atoms with van der Waals surface area (Å²) >= 11 is 0. The lowest BCUT2D eigenvalue weighted by molar-refractivity contribution is -0.132. The largest absolute Gasteiger partial charge is 0.361 e. The van der Waals surface area contributed by atoms with Crippen LogP contribution >= 0.6 is 0 Å². The molecule has 1 aliphatic heterocycles. The van der Waals surface area contributed by atoms with Gasteiger partial charge < -0.3 is 20.5 Å². The molecule has 0 bridgehead atoms. The second-order valence-corrected chi connectivity index (χ2v) is 7.40. The molecule has 2 heterocycles. The Balaban J connectivity index is 1.75. The van der Waals surface area contributed by atoms with Crippen molar-refractivity contribution >= 4 is 22.8 Å². The summed E-state index contributed by atoms with van der Waals surface area (Å²) < 4.78 is 0. The van der Waals surface area contributed by atoms with E-state index >= 15 is 0 Å². The number of rotatable bonds is 6. The molecule has 1 atom stereocenters. The number of nitrogens with zero attached hydrogens (tertiary/aromatic N) is 1. The highest BCUT2D eigenvalue weighted by Crippen LogP contribution is 2.20. The van der Waals surface area contributed by atoms with E-state index in [2.05, 4.69) is 15.6 Å². The lowest BCUT2D eigenvalue weighted by Gasteiger charge is -2.24. The van der Waals surface area contributed by atoms with Crippen molar-refractivity contribution in [3.05, 3.63) is 36.0 Å². The first kappa shape index (κ1) is 18.3. The fraction of sp³-hybridized carbons (Fsp3) is 0.500. The van der Waals surface area contributed by atoms with E-state index in [1.54, 1.807) is 0 Å². The van der Waals surface area contributed by atoms with Crippen molar-refractivity contribution < 1.29 is 9.59 Å². The summed E-state index contributed by atoms with van der Waals surface area (Å²) in [5.41, 5.74) is 2.08. The molecule has 2 aromatic rings. The normalized spacial score (nSPS) is 15.4. The van der Waals surface area contributed by atoms with Crippen molar-refractivity contribution in [2.75, 3.05) is 19.6 Å². The Hall–Kier alpha value is -2.50. The molecule has 1 aromatic heterocycles. The Morgan fingerprint density at radius 3 is 2.65 bits per heavy atom. The molecule has 3 amide bonds. The zero-order valence-electron chi connectivity index (χ0n) is 15.5. The van der Waals surface area contributed by atoms with Gasteiger partial charge in [-0.05, 0) is 30.4 Å². The fourth-order valence-corrected chi connectivity index (χ4v) is 3.38. The summed E-state index contributed by atoms with van der Waals surface area (Å²) in [4.78, 5) is 30.3. The van der Waals surface area contributed by atoms with E-state index in [-0.39, 0.29) is 11.9 Å². The number of urea groups is 1. The number of aromatic nitrogens is 1. The molecule has 6 nitrogen and oxygen atoms in total. The fourth-order valence-electron chi connectivity index (χ4n) is 3.38. The van der Waals surface area contributed by atoms with Crippen LogP contribution in [-0.4, -0.2) is 47.5 Å². The topological polar surface area (TPSA) is 77.2 Å². The highest BCUT2D eigenvalue weighted by molar-refractivity contribution is 5.89. The van der Waals surface area contributed by atoms with Crippen molar-refractivity contribution in [1.29, 1.82) is 0 Å². The molecule has 1 unspecified atom stereocenters. The van der Waals surface area contributed by atoms with Gasteiger partial charge in [0, 0.05) is 43.2 Å². The molecular weight excluding hydrogens is 328 g/mol. The van der Waals surface area contributed by atoms with Gasteiger partial charge in [0.05, 0.1) is 0 Å². The van der Waals surface area contributed by atoms with Crippen LogP contribution in [0.5, 0.6) is 0 Å². The van der Waals surface area contributed by atoms with Crippen molar-refractivity contribution in [2.24, 2.45) is 5.92 Å². The minimum Gasteiger partial charge on any atom is -0.361 e. The lowest BCUT2D eigenvalue weighted by Crippen LogP contribution is -2.52. The summed E-state index contributed by atoms with van der Waals surface area (Å²) in [6, 6.07) is 7.18. The SMILES string of the molecule is CC(C)CNC(=O)NC(Cc1c[nH]c2ccccc12)C(=O)N1CCCC1. The van der Waals surface area contributed by atoms with E-state index in [1.807, 2.05) is 49.2 Å². The van der Waals surface area contributed by atoms with Crippen molar-refractivity contribution in [3.63, 3.8) is 0 Å². The molecule has 0 radical (unpaired) electrons. The maximum Gasteiger partial charge on any atom is 0.315 e. The van der Waals surface area contributed by atoms with E-state index in [0.29, 0.717) is 18.9 Å². The summed E-state index contributed by atoms with van der Waals surface area (Å²) in [6.45, 7) is 6.22.